The Morgan fingerprint density at radius 3 is 1.60 bits per heavy atom. The maximum Gasteiger partial charge on any atom is 0.225 e. The van der Waals surface area contributed by atoms with Gasteiger partial charge in [0, 0.05) is 0 Å². The first kappa shape index (κ1) is 8.82. The first-order valence-electron chi connectivity index (χ1n) is 2.97. The molecular formula is C8H8O2. The van der Waals surface area contributed by atoms with Crippen LogP contribution in [0.25, 0.3) is 0 Å². The predicted molar refractivity (Wildman–Crippen MR) is 38.9 cm³/mol. The minimum atomic E-state index is 0.757. The Morgan fingerprint density at radius 1 is 0.900 bits per heavy atom. The van der Waals surface area contributed by atoms with E-state index in [9.17, 15) is 9.59 Å². The maximum atomic E-state index is 9.60. The molecule has 2 radical (unpaired) electrons. The standard InChI is InChI=1S/C8H8O2/c9-7-5-3-1-2-4-6-8-10/h3-6H,1-2H2. The molecule has 2 heteroatoms. The highest BCUT2D eigenvalue weighted by Gasteiger charge is 1.74. The Hall–Kier alpha value is -1.18. The zero-order chi connectivity index (χ0) is 7.66. The first-order chi connectivity index (χ1) is 4.91. The molecule has 0 bridgehead atoms. The number of carbonyl (C=O) groups excluding carboxylic acids is 2. The van der Waals surface area contributed by atoms with Crippen molar-refractivity contribution in [3.05, 3.63) is 24.3 Å². The number of unbranched alkanes of at least 4 members (excludes halogenated alkanes) is 1. The molecule has 0 unspecified atom stereocenters. The van der Waals surface area contributed by atoms with Crippen LogP contribution >= 0.6 is 0 Å². The van der Waals surface area contributed by atoms with E-state index in [0.29, 0.717) is 0 Å². The molecule has 0 saturated carbocycles. The van der Waals surface area contributed by atoms with Gasteiger partial charge < -0.3 is 0 Å². The van der Waals surface area contributed by atoms with E-state index >= 15 is 0 Å². The molecule has 0 heterocycles. The fourth-order valence-corrected chi connectivity index (χ4v) is 0.455. The van der Waals surface area contributed by atoms with Gasteiger partial charge >= 0.3 is 0 Å². The van der Waals surface area contributed by atoms with Crippen molar-refractivity contribution in [3.63, 3.8) is 0 Å². The molecule has 10 heavy (non-hydrogen) atoms. The molecule has 0 aromatic heterocycles. The van der Waals surface area contributed by atoms with Crippen LogP contribution in [0.1, 0.15) is 12.8 Å². The van der Waals surface area contributed by atoms with Crippen LogP contribution in [-0.2, 0) is 9.59 Å². The predicted octanol–water partition coefficient (Wildman–Crippen LogP) is 1.10. The summed E-state index contributed by atoms with van der Waals surface area (Å²) >= 11 is 0. The Morgan fingerprint density at radius 2 is 1.30 bits per heavy atom. The number of hydrogen-bond donors (Lipinski definition) is 0. The van der Waals surface area contributed by atoms with Crippen molar-refractivity contribution in [1.29, 1.82) is 0 Å². The van der Waals surface area contributed by atoms with Gasteiger partial charge in [0.25, 0.3) is 0 Å². The summed E-state index contributed by atoms with van der Waals surface area (Å²) in [5, 5.41) is 0. The summed E-state index contributed by atoms with van der Waals surface area (Å²) in [6.45, 7) is 0. The zero-order valence-electron chi connectivity index (χ0n) is 5.54. The van der Waals surface area contributed by atoms with Crippen molar-refractivity contribution < 1.29 is 9.59 Å². The minimum absolute atomic E-state index is 0.757. The topological polar surface area (TPSA) is 34.1 Å². The molecule has 0 aromatic rings. The molecule has 0 aromatic carbocycles. The highest BCUT2D eigenvalue weighted by Crippen LogP contribution is 1.90. The van der Waals surface area contributed by atoms with E-state index in [1.165, 1.54) is 12.2 Å². The van der Waals surface area contributed by atoms with E-state index < -0.39 is 0 Å². The van der Waals surface area contributed by atoms with Crippen LogP contribution < -0.4 is 0 Å². The van der Waals surface area contributed by atoms with Crippen LogP contribution in [0.2, 0.25) is 0 Å². The Bertz CT molecular complexity index is 127. The lowest BCUT2D eigenvalue weighted by molar-refractivity contribution is 0.563. The van der Waals surface area contributed by atoms with Gasteiger partial charge in [0.15, 0.2) is 0 Å². The molecule has 0 saturated heterocycles. The molecule has 0 aliphatic rings. The van der Waals surface area contributed by atoms with Crippen molar-refractivity contribution >= 4 is 12.6 Å². The number of allylic oxidation sites excluding steroid dienone is 4. The van der Waals surface area contributed by atoms with Gasteiger partial charge in [-0.1, -0.05) is 12.2 Å². The van der Waals surface area contributed by atoms with Crippen molar-refractivity contribution in [3.8, 4) is 0 Å². The summed E-state index contributed by atoms with van der Waals surface area (Å²) in [7, 11) is 0. The Labute approximate surface area is 60.2 Å². The summed E-state index contributed by atoms with van der Waals surface area (Å²) in [4.78, 5) is 19.2. The molecule has 0 aliphatic carbocycles. The molecule has 0 spiro atoms. The lowest BCUT2D eigenvalue weighted by Crippen LogP contribution is -1.66. The Balaban J connectivity index is 3.19. The van der Waals surface area contributed by atoms with Gasteiger partial charge in [0.05, 0.1) is 0 Å². The number of hydrogen-bond acceptors (Lipinski definition) is 2. The van der Waals surface area contributed by atoms with Gasteiger partial charge in [0.2, 0.25) is 12.6 Å². The lowest BCUT2D eigenvalue weighted by atomic mass is 10.3. The van der Waals surface area contributed by atoms with Gasteiger partial charge in [-0.25, -0.2) is 0 Å². The summed E-state index contributed by atoms with van der Waals surface area (Å²) in [5.74, 6) is 0. The Kier molecular flexibility index (Phi) is 6.90. The third-order valence-corrected chi connectivity index (χ3v) is 0.872. The second kappa shape index (κ2) is 7.82. The summed E-state index contributed by atoms with van der Waals surface area (Å²) < 4.78 is 0. The molecule has 2 nitrogen and oxygen atoms in total. The van der Waals surface area contributed by atoms with Crippen LogP contribution in [0.4, 0.5) is 0 Å². The summed E-state index contributed by atoms with van der Waals surface area (Å²) in [6, 6.07) is 0. The molecule has 0 N–H and O–H groups in total. The van der Waals surface area contributed by atoms with E-state index in [4.69, 9.17) is 0 Å². The summed E-state index contributed by atoms with van der Waals surface area (Å²) in [6.07, 6.45) is 10.8. The monoisotopic (exact) mass is 136 g/mol. The lowest BCUT2D eigenvalue weighted by Gasteiger charge is -1.80. The van der Waals surface area contributed by atoms with E-state index in [0.717, 1.165) is 12.8 Å². The average molecular weight is 136 g/mol. The van der Waals surface area contributed by atoms with Gasteiger partial charge in [0.1, 0.15) is 0 Å². The summed E-state index contributed by atoms with van der Waals surface area (Å²) in [5.41, 5.74) is 0. The molecule has 0 fully saturated rings. The van der Waals surface area contributed by atoms with Gasteiger partial charge in [-0.05, 0) is 25.0 Å². The molecule has 0 rings (SSSR count). The van der Waals surface area contributed by atoms with Crippen molar-refractivity contribution in [2.24, 2.45) is 0 Å². The van der Waals surface area contributed by atoms with E-state index in [-0.39, 0.29) is 0 Å². The zero-order valence-corrected chi connectivity index (χ0v) is 5.54. The highest BCUT2D eigenvalue weighted by molar-refractivity contribution is 5.66. The minimum Gasteiger partial charge on any atom is -0.286 e. The van der Waals surface area contributed by atoms with Crippen LogP contribution in [0.5, 0.6) is 0 Å². The van der Waals surface area contributed by atoms with Crippen LogP contribution in [-0.4, -0.2) is 12.6 Å². The second-order valence-electron chi connectivity index (χ2n) is 1.62. The largest absolute Gasteiger partial charge is 0.286 e. The first-order valence-corrected chi connectivity index (χ1v) is 2.97. The quantitative estimate of drug-likeness (QED) is 0.419. The van der Waals surface area contributed by atoms with Gasteiger partial charge in [-0.2, -0.15) is 0 Å². The third kappa shape index (κ3) is 6.82. The molecule has 52 valence electrons. The fourth-order valence-electron chi connectivity index (χ4n) is 0.455. The van der Waals surface area contributed by atoms with Crippen LogP contribution in [0.3, 0.4) is 0 Å². The second-order valence-corrected chi connectivity index (χ2v) is 1.62. The van der Waals surface area contributed by atoms with Crippen molar-refractivity contribution in [2.75, 3.05) is 0 Å². The van der Waals surface area contributed by atoms with Gasteiger partial charge in [-0.3, -0.25) is 9.59 Å². The number of rotatable bonds is 5. The average Bonchev–Trinajstić information content (AvgIpc) is 1.97. The smallest absolute Gasteiger partial charge is 0.225 e. The fraction of sp³-hybridized carbons (Fsp3) is 0.250. The van der Waals surface area contributed by atoms with Crippen LogP contribution in [0.15, 0.2) is 24.3 Å². The van der Waals surface area contributed by atoms with Crippen molar-refractivity contribution in [2.45, 2.75) is 12.8 Å². The normalized spacial score (nSPS) is 10.8. The highest BCUT2D eigenvalue weighted by atomic mass is 16.1. The molecular weight excluding hydrogens is 128 g/mol. The van der Waals surface area contributed by atoms with E-state index in [1.807, 2.05) is 0 Å². The third-order valence-electron chi connectivity index (χ3n) is 0.872. The van der Waals surface area contributed by atoms with Crippen molar-refractivity contribution in [1.82, 2.24) is 0 Å². The van der Waals surface area contributed by atoms with Crippen LogP contribution in [0, 0.1) is 0 Å². The SMILES string of the molecule is O=[C]C=CCCC=C[C]=O. The molecule has 0 amide bonds. The van der Waals surface area contributed by atoms with E-state index in [1.54, 1.807) is 24.7 Å². The van der Waals surface area contributed by atoms with Gasteiger partial charge in [-0.15, -0.1) is 0 Å². The molecule has 0 atom stereocenters. The molecule has 0 aliphatic heterocycles. The maximum absolute atomic E-state index is 9.60. The van der Waals surface area contributed by atoms with E-state index in [2.05, 4.69) is 0 Å².